The first-order valence-electron chi connectivity index (χ1n) is 8.90. The van der Waals surface area contributed by atoms with E-state index in [4.69, 9.17) is 14.2 Å². The number of allylic oxidation sites excluding steroid dienone is 3. The fourth-order valence-electron chi connectivity index (χ4n) is 2.46. The van der Waals surface area contributed by atoms with Crippen LogP contribution in [0.3, 0.4) is 0 Å². The van der Waals surface area contributed by atoms with E-state index < -0.39 is 5.97 Å². The Labute approximate surface area is 150 Å². The number of carbonyl (C=O) groups is 1. The molecule has 0 aliphatic heterocycles. The summed E-state index contributed by atoms with van der Waals surface area (Å²) in [6.45, 7) is 6.77. The van der Waals surface area contributed by atoms with Gasteiger partial charge in [0, 0.05) is 32.6 Å². The molecule has 6 nitrogen and oxygen atoms in total. The minimum absolute atomic E-state index is 0.0970. The molecule has 6 heteroatoms. The SMILES string of the molecule is COCCCNC1=C/C(=C(/C#N)C(=O)OCCOCC(C)C)CCC1. The van der Waals surface area contributed by atoms with Crippen LogP contribution in [0.4, 0.5) is 0 Å². The lowest BCUT2D eigenvalue weighted by Gasteiger charge is -2.18. The van der Waals surface area contributed by atoms with Gasteiger partial charge >= 0.3 is 5.97 Å². The van der Waals surface area contributed by atoms with Crippen molar-refractivity contribution < 1.29 is 19.0 Å². The van der Waals surface area contributed by atoms with E-state index >= 15 is 0 Å². The van der Waals surface area contributed by atoms with Crippen molar-refractivity contribution in [1.29, 1.82) is 5.26 Å². The Morgan fingerprint density at radius 2 is 2.12 bits per heavy atom. The molecule has 1 aliphatic carbocycles. The summed E-state index contributed by atoms with van der Waals surface area (Å²) in [5, 5.41) is 12.7. The highest BCUT2D eigenvalue weighted by Crippen LogP contribution is 2.24. The molecule has 0 aromatic heterocycles. The molecular formula is C19H30N2O4. The molecule has 140 valence electrons. The number of hydrogen-bond donors (Lipinski definition) is 1. The molecule has 25 heavy (non-hydrogen) atoms. The van der Waals surface area contributed by atoms with Crippen molar-refractivity contribution in [3.8, 4) is 6.07 Å². The van der Waals surface area contributed by atoms with Crippen LogP contribution in [-0.2, 0) is 19.0 Å². The molecule has 0 saturated carbocycles. The number of carbonyl (C=O) groups excluding carboxylic acids is 1. The number of esters is 1. The monoisotopic (exact) mass is 350 g/mol. The zero-order valence-corrected chi connectivity index (χ0v) is 15.6. The molecular weight excluding hydrogens is 320 g/mol. The second kappa shape index (κ2) is 12.5. The minimum atomic E-state index is -0.567. The van der Waals surface area contributed by atoms with Crippen LogP contribution < -0.4 is 5.32 Å². The van der Waals surface area contributed by atoms with Gasteiger partial charge in [0.25, 0.3) is 0 Å². The van der Waals surface area contributed by atoms with E-state index in [0.29, 0.717) is 32.2 Å². The van der Waals surface area contributed by atoms with Crippen LogP contribution in [-0.4, -0.2) is 46.1 Å². The normalized spacial score (nSPS) is 16.2. The Hall–Kier alpha value is -1.84. The van der Waals surface area contributed by atoms with Crippen molar-refractivity contribution in [1.82, 2.24) is 5.32 Å². The van der Waals surface area contributed by atoms with Crippen LogP contribution >= 0.6 is 0 Å². The Bertz CT molecular complexity index is 518. The summed E-state index contributed by atoms with van der Waals surface area (Å²) in [6.07, 6.45) is 5.37. The molecule has 0 amide bonds. The summed E-state index contributed by atoms with van der Waals surface area (Å²) in [5.74, 6) is -0.128. The molecule has 0 spiro atoms. The smallest absolute Gasteiger partial charge is 0.349 e. The molecule has 1 N–H and O–H groups in total. The topological polar surface area (TPSA) is 80.6 Å². The Balaban J connectivity index is 2.55. The first kappa shape index (κ1) is 21.2. The largest absolute Gasteiger partial charge is 0.459 e. The lowest BCUT2D eigenvalue weighted by atomic mass is 9.95. The van der Waals surface area contributed by atoms with E-state index in [1.54, 1.807) is 7.11 Å². The zero-order valence-electron chi connectivity index (χ0n) is 15.6. The fourth-order valence-corrected chi connectivity index (χ4v) is 2.46. The number of nitriles is 1. The number of methoxy groups -OCH3 is 1. The third-order valence-corrected chi connectivity index (χ3v) is 3.67. The van der Waals surface area contributed by atoms with Crippen molar-refractivity contribution in [3.63, 3.8) is 0 Å². The van der Waals surface area contributed by atoms with Crippen LogP contribution in [0.2, 0.25) is 0 Å². The van der Waals surface area contributed by atoms with Crippen molar-refractivity contribution in [2.75, 3.05) is 40.1 Å². The van der Waals surface area contributed by atoms with Gasteiger partial charge in [-0.15, -0.1) is 0 Å². The van der Waals surface area contributed by atoms with Gasteiger partial charge in [0.1, 0.15) is 18.2 Å². The summed E-state index contributed by atoms with van der Waals surface area (Å²) in [4.78, 5) is 12.2. The fraction of sp³-hybridized carbons (Fsp3) is 0.684. The average Bonchev–Trinajstić information content (AvgIpc) is 2.59. The van der Waals surface area contributed by atoms with Gasteiger partial charge in [-0.05, 0) is 43.3 Å². The maximum Gasteiger partial charge on any atom is 0.349 e. The highest BCUT2D eigenvalue weighted by Gasteiger charge is 2.18. The van der Waals surface area contributed by atoms with E-state index in [9.17, 15) is 10.1 Å². The second-order valence-corrected chi connectivity index (χ2v) is 6.41. The standard InChI is InChI=1S/C19H30N2O4/c1-15(2)14-24-10-11-25-19(22)18(13-20)16-6-4-7-17(12-16)21-8-5-9-23-3/h12,15,21H,4-11,14H2,1-3H3/b18-16-. The van der Waals surface area contributed by atoms with E-state index in [1.165, 1.54) is 0 Å². The molecule has 0 unspecified atom stereocenters. The summed E-state index contributed by atoms with van der Waals surface area (Å²) in [7, 11) is 1.68. The Morgan fingerprint density at radius 1 is 1.32 bits per heavy atom. The van der Waals surface area contributed by atoms with Crippen molar-refractivity contribution in [2.45, 2.75) is 39.5 Å². The molecule has 0 aromatic carbocycles. The quantitative estimate of drug-likeness (QED) is 0.267. The molecule has 0 aromatic rings. The molecule has 0 heterocycles. The molecule has 0 atom stereocenters. The zero-order chi connectivity index (χ0) is 18.5. The summed E-state index contributed by atoms with van der Waals surface area (Å²) in [6, 6.07) is 2.00. The molecule has 0 radical (unpaired) electrons. The van der Waals surface area contributed by atoms with Crippen molar-refractivity contribution in [2.24, 2.45) is 5.92 Å². The first-order valence-corrected chi connectivity index (χ1v) is 8.90. The lowest BCUT2D eigenvalue weighted by Crippen LogP contribution is -2.19. The maximum absolute atomic E-state index is 12.2. The highest BCUT2D eigenvalue weighted by atomic mass is 16.6. The lowest BCUT2D eigenvalue weighted by molar-refractivity contribution is -0.140. The predicted molar refractivity (Wildman–Crippen MR) is 95.7 cm³/mol. The van der Waals surface area contributed by atoms with E-state index in [2.05, 4.69) is 19.2 Å². The maximum atomic E-state index is 12.2. The Morgan fingerprint density at radius 3 is 2.80 bits per heavy atom. The molecule has 1 aliphatic rings. The second-order valence-electron chi connectivity index (χ2n) is 6.41. The number of ether oxygens (including phenoxy) is 3. The van der Waals surface area contributed by atoms with Gasteiger partial charge in [-0.25, -0.2) is 4.79 Å². The van der Waals surface area contributed by atoms with Gasteiger partial charge in [-0.2, -0.15) is 5.26 Å². The number of nitrogens with zero attached hydrogens (tertiary/aromatic N) is 1. The Kier molecular flexibility index (Phi) is 10.6. The van der Waals surface area contributed by atoms with Crippen LogP contribution in [0.25, 0.3) is 0 Å². The molecule has 0 fully saturated rings. The molecule has 0 bridgehead atoms. The van der Waals surface area contributed by atoms with Crippen molar-refractivity contribution in [3.05, 3.63) is 22.9 Å². The number of hydrogen-bond acceptors (Lipinski definition) is 6. The molecule has 1 rings (SSSR count). The van der Waals surface area contributed by atoms with Crippen LogP contribution in [0, 0.1) is 17.2 Å². The minimum Gasteiger partial charge on any atom is -0.459 e. The van der Waals surface area contributed by atoms with Gasteiger partial charge in [-0.1, -0.05) is 13.8 Å². The average molecular weight is 350 g/mol. The van der Waals surface area contributed by atoms with Crippen LogP contribution in [0.15, 0.2) is 22.9 Å². The summed E-state index contributed by atoms with van der Waals surface area (Å²) >= 11 is 0. The predicted octanol–water partition coefficient (Wildman–Crippen LogP) is 2.72. The van der Waals surface area contributed by atoms with E-state index in [-0.39, 0.29) is 12.2 Å². The third kappa shape index (κ3) is 8.71. The van der Waals surface area contributed by atoms with Gasteiger partial charge in [0.05, 0.1) is 6.61 Å². The third-order valence-electron chi connectivity index (χ3n) is 3.67. The van der Waals surface area contributed by atoms with Gasteiger partial charge in [0.15, 0.2) is 0 Å². The van der Waals surface area contributed by atoms with Crippen molar-refractivity contribution >= 4 is 5.97 Å². The summed E-state index contributed by atoms with van der Waals surface area (Å²) in [5.41, 5.74) is 1.90. The molecule has 0 saturated heterocycles. The number of nitrogens with one attached hydrogen (secondary N) is 1. The number of rotatable bonds is 11. The van der Waals surface area contributed by atoms with Crippen LogP contribution in [0.5, 0.6) is 0 Å². The first-order chi connectivity index (χ1) is 12.1. The van der Waals surface area contributed by atoms with Gasteiger partial charge in [0.2, 0.25) is 0 Å². The highest BCUT2D eigenvalue weighted by molar-refractivity contribution is 5.94. The van der Waals surface area contributed by atoms with Crippen LogP contribution in [0.1, 0.15) is 39.5 Å². The summed E-state index contributed by atoms with van der Waals surface area (Å²) < 4.78 is 15.6. The van der Waals surface area contributed by atoms with Gasteiger partial charge < -0.3 is 19.5 Å². The van der Waals surface area contributed by atoms with E-state index in [1.807, 2.05) is 12.1 Å². The van der Waals surface area contributed by atoms with E-state index in [0.717, 1.165) is 37.1 Å². The van der Waals surface area contributed by atoms with Gasteiger partial charge in [-0.3, -0.25) is 0 Å².